The van der Waals surface area contributed by atoms with E-state index in [0.717, 1.165) is 12.8 Å². The average Bonchev–Trinajstić information content (AvgIpc) is 3.16. The van der Waals surface area contributed by atoms with Crippen LogP contribution < -0.4 is 0 Å². The summed E-state index contributed by atoms with van der Waals surface area (Å²) in [6.45, 7) is 3.05. The molecule has 2 rings (SSSR count). The third-order valence-corrected chi connectivity index (χ3v) is 6.28. The summed E-state index contributed by atoms with van der Waals surface area (Å²) >= 11 is 0. The highest BCUT2D eigenvalue weighted by atomic mass is 32.2. The van der Waals surface area contributed by atoms with Crippen LogP contribution in [0.3, 0.4) is 0 Å². The van der Waals surface area contributed by atoms with E-state index >= 15 is 0 Å². The van der Waals surface area contributed by atoms with Gasteiger partial charge in [-0.05, 0) is 19.8 Å². The normalized spacial score (nSPS) is 16.5. The van der Waals surface area contributed by atoms with E-state index in [1.54, 1.807) is 27.3 Å². The molecule has 0 spiro atoms. The zero-order valence-electron chi connectivity index (χ0n) is 14.2. The van der Waals surface area contributed by atoms with Gasteiger partial charge in [-0.1, -0.05) is 12.8 Å². The van der Waals surface area contributed by atoms with E-state index in [0.29, 0.717) is 38.0 Å². The summed E-state index contributed by atoms with van der Waals surface area (Å²) in [7, 11) is -0.475. The summed E-state index contributed by atoms with van der Waals surface area (Å²) in [5.74, 6) is 0. The van der Waals surface area contributed by atoms with Gasteiger partial charge in [0.1, 0.15) is 4.90 Å². The van der Waals surface area contributed by atoms with Crippen LogP contribution in [0.5, 0.6) is 0 Å². The standard InChI is InChI=1S/C15H27N3O4S/c1-13-15(12-18(16-13)14-6-4-5-7-14)23(19,20)17(8-10-21-2)9-11-22-3/h12,14H,4-11H2,1-3H3. The van der Waals surface area contributed by atoms with Gasteiger partial charge in [0.2, 0.25) is 10.0 Å². The van der Waals surface area contributed by atoms with Crippen LogP contribution in [0.25, 0.3) is 0 Å². The van der Waals surface area contributed by atoms with E-state index in [4.69, 9.17) is 9.47 Å². The van der Waals surface area contributed by atoms with E-state index < -0.39 is 10.0 Å². The SMILES string of the molecule is COCCN(CCOC)S(=O)(=O)c1cn(C2CCCC2)nc1C. The van der Waals surface area contributed by atoms with Crippen molar-refractivity contribution in [1.82, 2.24) is 14.1 Å². The second-order valence-electron chi connectivity index (χ2n) is 5.89. The van der Waals surface area contributed by atoms with E-state index in [9.17, 15) is 8.42 Å². The first-order chi connectivity index (χ1) is 11.0. The molecular formula is C15H27N3O4S. The van der Waals surface area contributed by atoms with Crippen molar-refractivity contribution in [3.05, 3.63) is 11.9 Å². The maximum Gasteiger partial charge on any atom is 0.246 e. The molecule has 0 aromatic carbocycles. The molecular weight excluding hydrogens is 318 g/mol. The van der Waals surface area contributed by atoms with Gasteiger partial charge in [0, 0.05) is 33.5 Å². The quantitative estimate of drug-likeness (QED) is 0.679. The largest absolute Gasteiger partial charge is 0.383 e. The molecule has 0 bridgehead atoms. The van der Waals surface area contributed by atoms with Crippen LogP contribution in [0.1, 0.15) is 37.4 Å². The summed E-state index contributed by atoms with van der Waals surface area (Å²) in [6, 6.07) is 0.323. The molecule has 0 unspecified atom stereocenters. The van der Waals surface area contributed by atoms with Crippen molar-refractivity contribution in [2.45, 2.75) is 43.5 Å². The van der Waals surface area contributed by atoms with E-state index in [1.165, 1.54) is 17.1 Å². The molecule has 1 fully saturated rings. The lowest BCUT2D eigenvalue weighted by Gasteiger charge is -2.21. The number of hydrogen-bond acceptors (Lipinski definition) is 5. The third-order valence-electron chi connectivity index (χ3n) is 4.28. The number of rotatable bonds is 9. The Balaban J connectivity index is 2.24. The molecule has 132 valence electrons. The zero-order chi connectivity index (χ0) is 16.9. The highest BCUT2D eigenvalue weighted by Gasteiger charge is 2.29. The number of hydrogen-bond donors (Lipinski definition) is 0. The summed E-state index contributed by atoms with van der Waals surface area (Å²) in [5, 5.41) is 4.45. The van der Waals surface area contributed by atoms with Gasteiger partial charge in [-0.3, -0.25) is 4.68 Å². The fourth-order valence-corrected chi connectivity index (χ4v) is 4.51. The smallest absolute Gasteiger partial charge is 0.246 e. The Morgan fingerprint density at radius 3 is 2.30 bits per heavy atom. The number of aromatic nitrogens is 2. The van der Waals surface area contributed by atoms with Gasteiger partial charge >= 0.3 is 0 Å². The monoisotopic (exact) mass is 345 g/mol. The zero-order valence-corrected chi connectivity index (χ0v) is 15.0. The Hall–Kier alpha value is -0.960. The lowest BCUT2D eigenvalue weighted by molar-refractivity contribution is 0.150. The number of methoxy groups -OCH3 is 2. The molecule has 1 aromatic rings. The molecule has 0 saturated heterocycles. The highest BCUT2D eigenvalue weighted by molar-refractivity contribution is 7.89. The van der Waals surface area contributed by atoms with E-state index in [1.807, 2.05) is 4.68 Å². The number of ether oxygens (including phenoxy) is 2. The minimum atomic E-state index is -3.59. The predicted molar refractivity (Wildman–Crippen MR) is 87.0 cm³/mol. The van der Waals surface area contributed by atoms with Crippen molar-refractivity contribution < 1.29 is 17.9 Å². The second kappa shape index (κ2) is 8.23. The van der Waals surface area contributed by atoms with Gasteiger partial charge in [0.25, 0.3) is 0 Å². The predicted octanol–water partition coefficient (Wildman–Crippen LogP) is 1.59. The molecule has 1 aliphatic carbocycles. The van der Waals surface area contributed by atoms with Crippen molar-refractivity contribution >= 4 is 10.0 Å². The van der Waals surface area contributed by atoms with Crippen molar-refractivity contribution in [1.29, 1.82) is 0 Å². The van der Waals surface area contributed by atoms with Gasteiger partial charge in [0.15, 0.2) is 0 Å². The first-order valence-corrected chi connectivity index (χ1v) is 9.48. The van der Waals surface area contributed by atoms with Crippen LogP contribution in [0.2, 0.25) is 0 Å². The van der Waals surface area contributed by atoms with Crippen molar-refractivity contribution in [2.75, 3.05) is 40.5 Å². The van der Waals surface area contributed by atoms with Crippen LogP contribution in [0.15, 0.2) is 11.1 Å². The molecule has 8 heteroatoms. The molecule has 1 aromatic heterocycles. The molecule has 23 heavy (non-hydrogen) atoms. The minimum absolute atomic E-state index is 0.289. The van der Waals surface area contributed by atoms with Crippen LogP contribution in [-0.2, 0) is 19.5 Å². The van der Waals surface area contributed by atoms with E-state index in [2.05, 4.69) is 5.10 Å². The van der Waals surface area contributed by atoms with Gasteiger partial charge in [-0.25, -0.2) is 8.42 Å². The lowest BCUT2D eigenvalue weighted by atomic mass is 10.3. The second-order valence-corrected chi connectivity index (χ2v) is 7.79. The lowest BCUT2D eigenvalue weighted by Crippen LogP contribution is -2.36. The highest BCUT2D eigenvalue weighted by Crippen LogP contribution is 2.30. The van der Waals surface area contributed by atoms with Crippen LogP contribution in [-0.4, -0.2) is 63.0 Å². The van der Waals surface area contributed by atoms with E-state index in [-0.39, 0.29) is 4.90 Å². The average molecular weight is 345 g/mol. The number of sulfonamides is 1. The minimum Gasteiger partial charge on any atom is -0.383 e. The Morgan fingerprint density at radius 2 is 1.78 bits per heavy atom. The Kier molecular flexibility index (Phi) is 6.58. The topological polar surface area (TPSA) is 73.7 Å². The van der Waals surface area contributed by atoms with Gasteiger partial charge in [-0.15, -0.1) is 0 Å². The maximum absolute atomic E-state index is 13.0. The van der Waals surface area contributed by atoms with Crippen LogP contribution in [0, 0.1) is 6.92 Å². The summed E-state index contributed by atoms with van der Waals surface area (Å²) in [6.07, 6.45) is 6.18. The molecule has 0 N–H and O–H groups in total. The molecule has 7 nitrogen and oxygen atoms in total. The molecule has 0 atom stereocenters. The van der Waals surface area contributed by atoms with Gasteiger partial charge in [0.05, 0.1) is 24.9 Å². The molecule has 1 aliphatic rings. The molecule has 0 amide bonds. The number of nitrogens with zero attached hydrogens (tertiary/aromatic N) is 3. The third kappa shape index (κ3) is 4.32. The maximum atomic E-state index is 13.0. The fraction of sp³-hybridized carbons (Fsp3) is 0.800. The molecule has 1 heterocycles. The van der Waals surface area contributed by atoms with Crippen molar-refractivity contribution in [3.8, 4) is 0 Å². The van der Waals surface area contributed by atoms with Crippen LogP contribution >= 0.6 is 0 Å². The van der Waals surface area contributed by atoms with Crippen molar-refractivity contribution in [3.63, 3.8) is 0 Å². The summed E-state index contributed by atoms with van der Waals surface area (Å²) < 4.78 is 39.2. The first kappa shape index (κ1) is 18.4. The molecule has 0 radical (unpaired) electrons. The first-order valence-electron chi connectivity index (χ1n) is 8.04. The molecule has 0 aliphatic heterocycles. The van der Waals surface area contributed by atoms with Crippen LogP contribution in [0.4, 0.5) is 0 Å². The molecule has 1 saturated carbocycles. The Labute approximate surface area is 138 Å². The number of aryl methyl sites for hydroxylation is 1. The summed E-state index contributed by atoms with van der Waals surface area (Å²) in [4.78, 5) is 0.289. The Morgan fingerprint density at radius 1 is 1.22 bits per heavy atom. The Bertz CT molecular complexity index is 586. The van der Waals surface area contributed by atoms with Gasteiger partial charge < -0.3 is 9.47 Å². The van der Waals surface area contributed by atoms with Gasteiger partial charge in [-0.2, -0.15) is 9.40 Å². The fourth-order valence-electron chi connectivity index (χ4n) is 2.95. The van der Waals surface area contributed by atoms with Crippen molar-refractivity contribution in [2.24, 2.45) is 0 Å². The summed E-state index contributed by atoms with van der Waals surface area (Å²) in [5.41, 5.74) is 0.553.